The van der Waals surface area contributed by atoms with Gasteiger partial charge in [-0.2, -0.15) is 0 Å². The molecule has 0 saturated carbocycles. The zero-order chi connectivity index (χ0) is 41.0. The van der Waals surface area contributed by atoms with E-state index < -0.39 is 8.07 Å². The molecule has 0 unspecified atom stereocenters. The lowest BCUT2D eigenvalue weighted by Crippen LogP contribution is -2.72. The number of hydrogen-bond acceptors (Lipinski definition) is 3. The van der Waals surface area contributed by atoms with Crippen molar-refractivity contribution in [2.75, 3.05) is 0 Å². The number of fused-ring (bicyclic) bond motifs is 6. The van der Waals surface area contributed by atoms with Crippen LogP contribution in [0.25, 0.3) is 89.2 Å². The molecular formula is C58H38N2OSi. The van der Waals surface area contributed by atoms with Gasteiger partial charge in [0.1, 0.15) is 11.2 Å². The van der Waals surface area contributed by atoms with Gasteiger partial charge >= 0.3 is 0 Å². The molecule has 0 bridgehead atoms. The lowest BCUT2D eigenvalue weighted by atomic mass is 9.93. The van der Waals surface area contributed by atoms with Crippen LogP contribution in [0.2, 0.25) is 0 Å². The van der Waals surface area contributed by atoms with Crippen molar-refractivity contribution in [2.24, 2.45) is 0 Å². The predicted molar refractivity (Wildman–Crippen MR) is 259 cm³/mol. The molecular weight excluding hydrogens is 769 g/mol. The van der Waals surface area contributed by atoms with Crippen molar-refractivity contribution >= 4 is 50.8 Å². The van der Waals surface area contributed by atoms with Gasteiger partial charge in [-0.1, -0.05) is 188 Å². The summed E-state index contributed by atoms with van der Waals surface area (Å²) in [6.45, 7) is 0. The highest BCUT2D eigenvalue weighted by molar-refractivity contribution is 7.22. The van der Waals surface area contributed by atoms with Crippen LogP contribution < -0.4 is 20.7 Å². The second-order valence-corrected chi connectivity index (χ2v) is 19.8. The maximum absolute atomic E-state index is 6.24. The number of rotatable bonds is 7. The quantitative estimate of drug-likeness (QED) is 0.151. The number of hydrogen-bond donors (Lipinski definition) is 0. The van der Waals surface area contributed by atoms with E-state index in [0.717, 1.165) is 72.3 Å². The molecule has 0 aliphatic carbocycles. The Hall–Kier alpha value is -7.92. The Morgan fingerprint density at radius 2 is 0.871 bits per heavy atom. The van der Waals surface area contributed by atoms with Crippen molar-refractivity contribution in [3.05, 3.63) is 231 Å². The van der Waals surface area contributed by atoms with Crippen LogP contribution in [0.1, 0.15) is 0 Å². The number of furan rings is 1. The van der Waals surface area contributed by atoms with E-state index in [1.807, 2.05) is 18.2 Å². The van der Waals surface area contributed by atoms with Gasteiger partial charge in [0.2, 0.25) is 0 Å². The Labute approximate surface area is 361 Å². The van der Waals surface area contributed by atoms with Crippen LogP contribution in [-0.2, 0) is 0 Å². The molecule has 4 heteroatoms. The van der Waals surface area contributed by atoms with Gasteiger partial charge in [0.15, 0.2) is 13.9 Å². The molecule has 2 aromatic heterocycles. The minimum atomic E-state index is -2.72. The van der Waals surface area contributed by atoms with E-state index >= 15 is 0 Å². The minimum Gasteiger partial charge on any atom is -0.456 e. The summed E-state index contributed by atoms with van der Waals surface area (Å²) >= 11 is 0. The lowest BCUT2D eigenvalue weighted by Gasteiger charge is -2.31. The molecule has 0 atom stereocenters. The normalized spacial score (nSPS) is 12.6. The zero-order valence-corrected chi connectivity index (χ0v) is 34.7. The van der Waals surface area contributed by atoms with Crippen molar-refractivity contribution < 1.29 is 4.42 Å². The third-order valence-corrected chi connectivity index (χ3v) is 17.4. The van der Waals surface area contributed by atoms with Gasteiger partial charge in [0.25, 0.3) is 0 Å². The average Bonchev–Trinajstić information content (AvgIpc) is 3.88. The van der Waals surface area contributed by atoms with Gasteiger partial charge in [-0.25, -0.2) is 9.97 Å². The fraction of sp³-hybridized carbons (Fsp3) is 0. The summed E-state index contributed by atoms with van der Waals surface area (Å²) < 4.78 is 6.24. The van der Waals surface area contributed by atoms with Crippen molar-refractivity contribution in [1.82, 2.24) is 9.97 Å². The predicted octanol–water partition coefficient (Wildman–Crippen LogP) is 12.1. The zero-order valence-electron chi connectivity index (χ0n) is 33.7. The average molecular weight is 807 g/mol. The van der Waals surface area contributed by atoms with Crippen LogP contribution in [0, 0.1) is 0 Å². The summed E-state index contributed by atoms with van der Waals surface area (Å²) in [5.74, 6) is 0.689. The van der Waals surface area contributed by atoms with Gasteiger partial charge in [0.05, 0.1) is 11.4 Å². The van der Waals surface area contributed by atoms with Crippen LogP contribution in [0.4, 0.5) is 0 Å². The summed E-state index contributed by atoms with van der Waals surface area (Å²) in [5, 5.41) is 7.74. The molecule has 290 valence electrons. The molecule has 0 spiro atoms. The molecule has 3 nitrogen and oxygen atoms in total. The lowest BCUT2D eigenvalue weighted by molar-refractivity contribution is 0.669. The molecule has 0 radical (unpaired) electrons. The molecule has 0 fully saturated rings. The molecule has 0 amide bonds. The van der Waals surface area contributed by atoms with E-state index in [2.05, 4.69) is 212 Å². The van der Waals surface area contributed by atoms with Crippen LogP contribution >= 0.6 is 0 Å². The smallest absolute Gasteiger partial charge is 0.180 e. The molecule has 9 aromatic carbocycles. The van der Waals surface area contributed by atoms with E-state index in [1.54, 1.807) is 0 Å². The van der Waals surface area contributed by atoms with Gasteiger partial charge < -0.3 is 4.42 Å². The third kappa shape index (κ3) is 5.80. The second kappa shape index (κ2) is 14.7. The highest BCUT2D eigenvalue weighted by Gasteiger charge is 2.49. The summed E-state index contributed by atoms with van der Waals surface area (Å²) in [5.41, 5.74) is 13.6. The summed E-state index contributed by atoms with van der Waals surface area (Å²) in [6.07, 6.45) is 0. The third-order valence-electron chi connectivity index (χ3n) is 12.6. The van der Waals surface area contributed by atoms with Crippen molar-refractivity contribution in [1.29, 1.82) is 0 Å². The SMILES string of the molecule is c1ccc(-c2cc(-c3ccc4oc5ccccc5c4c3)cc(-c3cc(-c4cccc5c4-c4ccccc4[Si]5(c4ccccc4)c4ccccc4)nc(-c4ccccc4)n3)c2)cc1. The standard InChI is InChI=1S/C58H38N2OSi/c1-5-18-39(19-6-1)42-34-43(41-32-33-54-50(37-41)47-26-13-15-29-53(47)61-54)36-44(35-42)51-38-52(60-58(59-51)40-20-7-2-8-21-40)48-28-17-31-56-57(48)49-27-14-16-30-55(49)62(56,45-22-9-3-10-23-45)46-24-11-4-12-25-46/h1-38H. The maximum atomic E-state index is 6.24. The summed E-state index contributed by atoms with van der Waals surface area (Å²) in [7, 11) is -2.72. The number of nitrogens with zero attached hydrogens (tertiary/aromatic N) is 2. The Bertz CT molecular complexity index is 3420. The van der Waals surface area contributed by atoms with E-state index in [-0.39, 0.29) is 0 Å². The van der Waals surface area contributed by atoms with Gasteiger partial charge in [-0.15, -0.1) is 0 Å². The Balaban J connectivity index is 1.11. The van der Waals surface area contributed by atoms with Gasteiger partial charge in [-0.3, -0.25) is 0 Å². The minimum absolute atomic E-state index is 0.689. The number of para-hydroxylation sites is 1. The highest BCUT2D eigenvalue weighted by Crippen LogP contribution is 2.40. The van der Waals surface area contributed by atoms with Crippen molar-refractivity contribution in [3.8, 4) is 67.3 Å². The maximum Gasteiger partial charge on any atom is 0.180 e. The largest absolute Gasteiger partial charge is 0.456 e. The molecule has 62 heavy (non-hydrogen) atoms. The van der Waals surface area contributed by atoms with Gasteiger partial charge in [0, 0.05) is 27.5 Å². The van der Waals surface area contributed by atoms with Crippen molar-refractivity contribution in [3.63, 3.8) is 0 Å². The fourth-order valence-electron chi connectivity index (χ4n) is 9.80. The van der Waals surface area contributed by atoms with Crippen LogP contribution in [0.5, 0.6) is 0 Å². The Morgan fingerprint density at radius 1 is 0.323 bits per heavy atom. The van der Waals surface area contributed by atoms with E-state index in [9.17, 15) is 0 Å². The molecule has 0 saturated heterocycles. The first kappa shape index (κ1) is 36.0. The topological polar surface area (TPSA) is 38.9 Å². The van der Waals surface area contributed by atoms with E-state index in [0.29, 0.717) is 5.82 Å². The second-order valence-electron chi connectivity index (χ2n) is 16.1. The Kier molecular flexibility index (Phi) is 8.51. The molecule has 12 rings (SSSR count). The molecule has 11 aromatic rings. The Morgan fingerprint density at radius 3 is 1.61 bits per heavy atom. The van der Waals surface area contributed by atoms with Gasteiger partial charge in [-0.05, 0) is 96.6 Å². The van der Waals surface area contributed by atoms with Crippen LogP contribution in [-0.4, -0.2) is 18.0 Å². The van der Waals surface area contributed by atoms with Crippen molar-refractivity contribution in [2.45, 2.75) is 0 Å². The first-order valence-corrected chi connectivity index (χ1v) is 23.1. The van der Waals surface area contributed by atoms with E-state index in [4.69, 9.17) is 14.4 Å². The molecule has 1 aliphatic heterocycles. The first-order chi connectivity index (χ1) is 30.7. The molecule has 0 N–H and O–H groups in total. The van der Waals surface area contributed by atoms with Crippen LogP contribution in [0.3, 0.4) is 0 Å². The summed E-state index contributed by atoms with van der Waals surface area (Å²) in [6, 6.07) is 83.1. The molecule has 1 aliphatic rings. The fourth-order valence-corrected chi connectivity index (χ4v) is 15.0. The van der Waals surface area contributed by atoms with Crippen LogP contribution in [0.15, 0.2) is 235 Å². The number of aromatic nitrogens is 2. The first-order valence-electron chi connectivity index (χ1n) is 21.1. The number of benzene rings is 9. The highest BCUT2D eigenvalue weighted by atomic mass is 28.3. The van der Waals surface area contributed by atoms with E-state index in [1.165, 1.54) is 31.9 Å². The summed E-state index contributed by atoms with van der Waals surface area (Å²) in [4.78, 5) is 10.9. The molecule has 3 heterocycles. The monoisotopic (exact) mass is 806 g/mol.